The maximum atomic E-state index is 8.72. The third-order valence-electron chi connectivity index (χ3n) is 3.85. The lowest BCUT2D eigenvalue weighted by molar-refractivity contribution is 0.266. The number of aryl methyl sites for hydroxylation is 1. The van der Waals surface area contributed by atoms with Crippen LogP contribution < -0.4 is 10.1 Å². The SMILES string of the molecule is CNC1CCCc2cc(OCCCCCO)ccc21. The van der Waals surface area contributed by atoms with E-state index in [0.29, 0.717) is 6.04 Å². The Bertz CT molecular complexity index is 392. The molecule has 0 saturated heterocycles. The third-order valence-corrected chi connectivity index (χ3v) is 3.85. The molecule has 0 saturated carbocycles. The minimum absolute atomic E-state index is 0.282. The molecule has 1 atom stereocenters. The smallest absolute Gasteiger partial charge is 0.119 e. The van der Waals surface area contributed by atoms with E-state index in [1.54, 1.807) is 0 Å². The van der Waals surface area contributed by atoms with Crippen molar-refractivity contribution in [2.45, 2.75) is 44.6 Å². The Morgan fingerprint density at radius 1 is 1.32 bits per heavy atom. The fourth-order valence-corrected chi connectivity index (χ4v) is 2.76. The molecule has 0 aliphatic heterocycles. The summed E-state index contributed by atoms with van der Waals surface area (Å²) in [7, 11) is 2.03. The topological polar surface area (TPSA) is 41.5 Å². The van der Waals surface area contributed by atoms with Crippen LogP contribution in [-0.2, 0) is 6.42 Å². The molecule has 19 heavy (non-hydrogen) atoms. The highest BCUT2D eigenvalue weighted by Gasteiger charge is 2.18. The van der Waals surface area contributed by atoms with Gasteiger partial charge < -0.3 is 15.2 Å². The van der Waals surface area contributed by atoms with Crippen molar-refractivity contribution in [1.82, 2.24) is 5.32 Å². The van der Waals surface area contributed by atoms with Gasteiger partial charge in [-0.2, -0.15) is 0 Å². The van der Waals surface area contributed by atoms with Crippen LogP contribution in [0.15, 0.2) is 18.2 Å². The minimum atomic E-state index is 0.282. The lowest BCUT2D eigenvalue weighted by Crippen LogP contribution is -2.21. The van der Waals surface area contributed by atoms with Gasteiger partial charge in [0.1, 0.15) is 5.75 Å². The minimum Gasteiger partial charge on any atom is -0.494 e. The van der Waals surface area contributed by atoms with Gasteiger partial charge in [0.25, 0.3) is 0 Å². The highest BCUT2D eigenvalue weighted by molar-refractivity contribution is 5.39. The van der Waals surface area contributed by atoms with Crippen molar-refractivity contribution in [2.24, 2.45) is 0 Å². The van der Waals surface area contributed by atoms with E-state index < -0.39 is 0 Å². The molecule has 1 aliphatic rings. The van der Waals surface area contributed by atoms with Crippen LogP contribution in [-0.4, -0.2) is 25.4 Å². The largest absolute Gasteiger partial charge is 0.494 e. The van der Waals surface area contributed by atoms with Crippen molar-refractivity contribution >= 4 is 0 Å². The summed E-state index contributed by atoms with van der Waals surface area (Å²) in [4.78, 5) is 0. The van der Waals surface area contributed by atoms with E-state index in [9.17, 15) is 0 Å². The van der Waals surface area contributed by atoms with E-state index in [2.05, 4.69) is 23.5 Å². The molecule has 1 aliphatic carbocycles. The average molecular weight is 263 g/mol. The molecule has 0 spiro atoms. The van der Waals surface area contributed by atoms with Gasteiger partial charge in [-0.15, -0.1) is 0 Å². The van der Waals surface area contributed by atoms with E-state index in [0.717, 1.165) is 38.0 Å². The molecule has 0 bridgehead atoms. The second-order valence-corrected chi connectivity index (χ2v) is 5.23. The summed E-state index contributed by atoms with van der Waals surface area (Å²) in [6.07, 6.45) is 6.55. The van der Waals surface area contributed by atoms with E-state index >= 15 is 0 Å². The maximum Gasteiger partial charge on any atom is 0.119 e. The van der Waals surface area contributed by atoms with Gasteiger partial charge in [-0.25, -0.2) is 0 Å². The van der Waals surface area contributed by atoms with Crippen molar-refractivity contribution in [3.8, 4) is 5.75 Å². The second-order valence-electron chi connectivity index (χ2n) is 5.23. The van der Waals surface area contributed by atoms with E-state index in [1.165, 1.54) is 24.0 Å². The first-order valence-corrected chi connectivity index (χ1v) is 7.39. The number of benzene rings is 1. The molecule has 3 heteroatoms. The molecule has 0 fully saturated rings. The molecule has 0 heterocycles. The molecule has 0 aromatic heterocycles. The van der Waals surface area contributed by atoms with Crippen LogP contribution in [0.1, 0.15) is 49.3 Å². The molecule has 2 N–H and O–H groups in total. The van der Waals surface area contributed by atoms with Gasteiger partial charge in [0.2, 0.25) is 0 Å². The van der Waals surface area contributed by atoms with Gasteiger partial charge in [-0.05, 0) is 68.8 Å². The molecule has 3 nitrogen and oxygen atoms in total. The van der Waals surface area contributed by atoms with Crippen molar-refractivity contribution in [3.63, 3.8) is 0 Å². The number of aliphatic hydroxyl groups excluding tert-OH is 1. The normalized spacial score (nSPS) is 18.1. The third kappa shape index (κ3) is 3.95. The highest BCUT2D eigenvalue weighted by Crippen LogP contribution is 2.31. The van der Waals surface area contributed by atoms with E-state index in [4.69, 9.17) is 9.84 Å². The van der Waals surface area contributed by atoms with Gasteiger partial charge in [0.05, 0.1) is 6.61 Å². The van der Waals surface area contributed by atoms with Crippen molar-refractivity contribution < 1.29 is 9.84 Å². The van der Waals surface area contributed by atoms with Gasteiger partial charge in [0.15, 0.2) is 0 Å². The number of hydrogen-bond acceptors (Lipinski definition) is 3. The van der Waals surface area contributed by atoms with Crippen LogP contribution in [0.2, 0.25) is 0 Å². The van der Waals surface area contributed by atoms with Crippen molar-refractivity contribution in [3.05, 3.63) is 29.3 Å². The van der Waals surface area contributed by atoms with Gasteiger partial charge in [0, 0.05) is 12.6 Å². The summed E-state index contributed by atoms with van der Waals surface area (Å²) >= 11 is 0. The average Bonchev–Trinajstić information content (AvgIpc) is 2.46. The number of aliphatic hydroxyl groups is 1. The Morgan fingerprint density at radius 3 is 3.00 bits per heavy atom. The van der Waals surface area contributed by atoms with E-state index in [-0.39, 0.29) is 6.61 Å². The van der Waals surface area contributed by atoms with Crippen LogP contribution in [0.25, 0.3) is 0 Å². The number of fused-ring (bicyclic) bond motifs is 1. The second kappa shape index (κ2) is 7.51. The maximum absolute atomic E-state index is 8.72. The summed E-state index contributed by atoms with van der Waals surface area (Å²) in [6, 6.07) is 6.99. The molecule has 2 rings (SSSR count). The fourth-order valence-electron chi connectivity index (χ4n) is 2.76. The van der Waals surface area contributed by atoms with Crippen LogP contribution >= 0.6 is 0 Å². The first-order valence-electron chi connectivity index (χ1n) is 7.39. The molecule has 0 radical (unpaired) electrons. The van der Waals surface area contributed by atoms with Crippen LogP contribution in [0.3, 0.4) is 0 Å². The number of ether oxygens (including phenoxy) is 1. The van der Waals surface area contributed by atoms with Crippen LogP contribution in [0, 0.1) is 0 Å². The van der Waals surface area contributed by atoms with Crippen molar-refractivity contribution in [2.75, 3.05) is 20.3 Å². The first-order chi connectivity index (χ1) is 9.35. The van der Waals surface area contributed by atoms with Gasteiger partial charge in [-0.1, -0.05) is 6.07 Å². The number of nitrogens with one attached hydrogen (secondary N) is 1. The lowest BCUT2D eigenvalue weighted by atomic mass is 9.87. The summed E-state index contributed by atoms with van der Waals surface area (Å²) in [5.41, 5.74) is 2.86. The Morgan fingerprint density at radius 2 is 2.21 bits per heavy atom. The van der Waals surface area contributed by atoms with Crippen LogP contribution in [0.4, 0.5) is 0 Å². The molecule has 106 valence electrons. The molecule has 1 aromatic carbocycles. The van der Waals surface area contributed by atoms with Gasteiger partial charge in [-0.3, -0.25) is 0 Å². The molecule has 1 unspecified atom stereocenters. The summed E-state index contributed by atoms with van der Waals surface area (Å²) < 4.78 is 5.79. The van der Waals surface area contributed by atoms with Crippen LogP contribution in [0.5, 0.6) is 5.75 Å². The Labute approximate surface area is 116 Å². The Kier molecular flexibility index (Phi) is 5.67. The fraction of sp³-hybridized carbons (Fsp3) is 0.625. The summed E-state index contributed by atoms with van der Waals surface area (Å²) in [5.74, 6) is 0.986. The zero-order valence-corrected chi connectivity index (χ0v) is 11.8. The molecular weight excluding hydrogens is 238 g/mol. The number of rotatable bonds is 7. The Hall–Kier alpha value is -1.06. The zero-order valence-electron chi connectivity index (χ0n) is 11.8. The number of unbranched alkanes of at least 4 members (excludes halogenated alkanes) is 2. The van der Waals surface area contributed by atoms with Crippen molar-refractivity contribution in [1.29, 1.82) is 0 Å². The predicted molar refractivity (Wildman–Crippen MR) is 77.6 cm³/mol. The molecular formula is C16H25NO2. The summed E-state index contributed by atoms with van der Waals surface area (Å²) in [5, 5.41) is 12.1. The quantitative estimate of drug-likeness (QED) is 0.743. The molecule has 1 aromatic rings. The van der Waals surface area contributed by atoms with Gasteiger partial charge >= 0.3 is 0 Å². The molecule has 0 amide bonds. The number of hydrogen-bond donors (Lipinski definition) is 2. The Balaban J connectivity index is 1.89. The first kappa shape index (κ1) is 14.4. The monoisotopic (exact) mass is 263 g/mol. The summed E-state index contributed by atoms with van der Waals surface area (Å²) in [6.45, 7) is 1.03. The zero-order chi connectivity index (χ0) is 13.5. The highest BCUT2D eigenvalue weighted by atomic mass is 16.5. The lowest BCUT2D eigenvalue weighted by Gasteiger charge is -2.25. The standard InChI is InChI=1S/C16H25NO2/c1-17-16-7-5-6-13-12-14(8-9-15(13)16)19-11-4-2-3-10-18/h8-9,12,16-18H,2-7,10-11H2,1H3. The predicted octanol–water partition coefficient (Wildman–Crippen LogP) is 2.82. The van der Waals surface area contributed by atoms with E-state index in [1.807, 2.05) is 7.05 Å².